The Balaban J connectivity index is 1.30. The standard InChI is InChI=1S/C24H25FN2O2S/c1-16-20-15-18(25)8-9-21(20)30-23(16)24(29)27-13-11-19(12-14-27)26-22(28)10-7-17-5-3-2-4-6-17/h2-6,8-9,15,19H,7,10-14H2,1H3,(H,26,28). The van der Waals surface area contributed by atoms with E-state index in [1.165, 1.54) is 23.5 Å². The number of piperidine rings is 1. The molecule has 1 saturated heterocycles. The van der Waals surface area contributed by atoms with Crippen LogP contribution in [-0.2, 0) is 11.2 Å². The van der Waals surface area contributed by atoms with Crippen LogP contribution in [0.1, 0.15) is 40.1 Å². The van der Waals surface area contributed by atoms with Crippen LogP contribution in [0.5, 0.6) is 0 Å². The van der Waals surface area contributed by atoms with Gasteiger partial charge < -0.3 is 10.2 Å². The lowest BCUT2D eigenvalue weighted by atomic mass is 10.0. The van der Waals surface area contributed by atoms with Gasteiger partial charge in [-0.2, -0.15) is 0 Å². The van der Waals surface area contributed by atoms with Crippen molar-refractivity contribution in [3.8, 4) is 0 Å². The number of nitrogens with zero attached hydrogens (tertiary/aromatic N) is 1. The summed E-state index contributed by atoms with van der Waals surface area (Å²) >= 11 is 1.42. The van der Waals surface area contributed by atoms with E-state index in [0.29, 0.717) is 24.4 Å². The van der Waals surface area contributed by atoms with Crippen LogP contribution in [0.4, 0.5) is 4.39 Å². The van der Waals surface area contributed by atoms with Gasteiger partial charge in [0, 0.05) is 30.3 Å². The van der Waals surface area contributed by atoms with Crippen LogP contribution in [0, 0.1) is 12.7 Å². The molecule has 1 aromatic heterocycles. The number of rotatable bonds is 5. The maximum atomic E-state index is 13.6. The highest BCUT2D eigenvalue weighted by Crippen LogP contribution is 2.32. The smallest absolute Gasteiger partial charge is 0.264 e. The van der Waals surface area contributed by atoms with Gasteiger partial charge in [0.1, 0.15) is 5.82 Å². The average Bonchev–Trinajstić information content (AvgIpc) is 3.09. The molecule has 0 bridgehead atoms. The van der Waals surface area contributed by atoms with Gasteiger partial charge in [0.2, 0.25) is 5.91 Å². The predicted octanol–water partition coefficient (Wildman–Crippen LogP) is 4.70. The first-order valence-corrected chi connectivity index (χ1v) is 11.1. The first-order chi connectivity index (χ1) is 14.5. The lowest BCUT2D eigenvalue weighted by Crippen LogP contribution is -2.46. The first kappa shape index (κ1) is 20.5. The normalized spacial score (nSPS) is 14.8. The average molecular weight is 425 g/mol. The van der Waals surface area contributed by atoms with Gasteiger partial charge >= 0.3 is 0 Å². The van der Waals surface area contributed by atoms with Crippen LogP contribution in [-0.4, -0.2) is 35.8 Å². The highest BCUT2D eigenvalue weighted by Gasteiger charge is 2.27. The second-order valence-electron chi connectivity index (χ2n) is 7.82. The first-order valence-electron chi connectivity index (χ1n) is 10.3. The SMILES string of the molecule is Cc1c(C(=O)N2CCC(NC(=O)CCc3ccccc3)CC2)sc2ccc(F)cc12. The van der Waals surface area contributed by atoms with Gasteiger partial charge in [-0.15, -0.1) is 11.3 Å². The molecular weight excluding hydrogens is 399 g/mol. The van der Waals surface area contributed by atoms with Crippen LogP contribution in [0.3, 0.4) is 0 Å². The molecule has 30 heavy (non-hydrogen) atoms. The molecule has 4 rings (SSSR count). The Labute approximate surface area is 179 Å². The second kappa shape index (κ2) is 8.96. The maximum Gasteiger partial charge on any atom is 0.264 e. The topological polar surface area (TPSA) is 49.4 Å². The van der Waals surface area contributed by atoms with Crippen molar-refractivity contribution < 1.29 is 14.0 Å². The van der Waals surface area contributed by atoms with Gasteiger partial charge in [0.25, 0.3) is 5.91 Å². The fourth-order valence-electron chi connectivity index (χ4n) is 3.97. The lowest BCUT2D eigenvalue weighted by molar-refractivity contribution is -0.122. The van der Waals surface area contributed by atoms with Crippen molar-refractivity contribution in [1.29, 1.82) is 0 Å². The van der Waals surface area contributed by atoms with E-state index in [0.717, 1.165) is 40.5 Å². The minimum absolute atomic E-state index is 0.00274. The number of fused-ring (bicyclic) bond motifs is 1. The van der Waals surface area contributed by atoms with Gasteiger partial charge in [0.15, 0.2) is 0 Å². The summed E-state index contributed by atoms with van der Waals surface area (Å²) in [5, 5.41) is 3.92. The third-order valence-corrected chi connectivity index (χ3v) is 6.98. The summed E-state index contributed by atoms with van der Waals surface area (Å²) in [4.78, 5) is 27.8. The monoisotopic (exact) mass is 424 g/mol. The van der Waals surface area contributed by atoms with E-state index in [4.69, 9.17) is 0 Å². The summed E-state index contributed by atoms with van der Waals surface area (Å²) in [5.74, 6) is -0.222. The summed E-state index contributed by atoms with van der Waals surface area (Å²) in [6.45, 7) is 3.11. The summed E-state index contributed by atoms with van der Waals surface area (Å²) in [5.41, 5.74) is 2.00. The van der Waals surface area contributed by atoms with Gasteiger partial charge in [0.05, 0.1) is 4.88 Å². The van der Waals surface area contributed by atoms with E-state index in [1.807, 2.05) is 42.2 Å². The number of aryl methyl sites for hydroxylation is 2. The molecule has 1 N–H and O–H groups in total. The summed E-state index contributed by atoms with van der Waals surface area (Å²) in [7, 11) is 0. The van der Waals surface area contributed by atoms with Crippen molar-refractivity contribution in [2.75, 3.05) is 13.1 Å². The number of nitrogens with one attached hydrogen (secondary N) is 1. The van der Waals surface area contributed by atoms with E-state index < -0.39 is 0 Å². The number of carbonyl (C=O) groups excluding carboxylic acids is 2. The fraction of sp³-hybridized carbons (Fsp3) is 0.333. The molecule has 6 heteroatoms. The number of hydrogen-bond acceptors (Lipinski definition) is 3. The van der Waals surface area contributed by atoms with Crippen LogP contribution < -0.4 is 5.32 Å². The summed E-state index contributed by atoms with van der Waals surface area (Å²) in [6, 6.07) is 14.8. The molecule has 156 valence electrons. The molecule has 0 saturated carbocycles. The number of thiophene rings is 1. The molecule has 2 aromatic carbocycles. The Morgan fingerprint density at radius 1 is 1.13 bits per heavy atom. The molecule has 0 radical (unpaired) electrons. The maximum absolute atomic E-state index is 13.6. The Hall–Kier alpha value is -2.73. The largest absolute Gasteiger partial charge is 0.353 e. The van der Waals surface area contributed by atoms with E-state index in [-0.39, 0.29) is 23.7 Å². The molecule has 2 amide bonds. The number of benzene rings is 2. The van der Waals surface area contributed by atoms with Crippen LogP contribution in [0.15, 0.2) is 48.5 Å². The van der Waals surface area contributed by atoms with E-state index >= 15 is 0 Å². The van der Waals surface area contributed by atoms with Crippen LogP contribution in [0.2, 0.25) is 0 Å². The highest BCUT2D eigenvalue weighted by atomic mass is 32.1. The molecule has 0 unspecified atom stereocenters. The summed E-state index contributed by atoms with van der Waals surface area (Å²) in [6.07, 6.45) is 2.71. The van der Waals surface area contributed by atoms with Crippen LogP contribution >= 0.6 is 11.3 Å². The van der Waals surface area contributed by atoms with E-state index in [9.17, 15) is 14.0 Å². The molecule has 1 fully saturated rings. The number of carbonyl (C=O) groups is 2. The van der Waals surface area contributed by atoms with Crippen LogP contribution in [0.25, 0.3) is 10.1 Å². The molecule has 2 heterocycles. The number of hydrogen-bond donors (Lipinski definition) is 1. The van der Waals surface area contributed by atoms with Crippen molar-refractivity contribution in [1.82, 2.24) is 10.2 Å². The van der Waals surface area contributed by atoms with Gasteiger partial charge in [-0.05, 0) is 60.9 Å². The third-order valence-electron chi connectivity index (χ3n) is 5.72. The van der Waals surface area contributed by atoms with Crippen molar-refractivity contribution in [2.24, 2.45) is 0 Å². The van der Waals surface area contributed by atoms with Gasteiger partial charge in [-0.25, -0.2) is 4.39 Å². The fourth-order valence-corrected chi connectivity index (χ4v) is 5.13. The third kappa shape index (κ3) is 4.54. The number of amides is 2. The molecule has 3 aromatic rings. The van der Waals surface area contributed by atoms with Gasteiger partial charge in [-0.3, -0.25) is 9.59 Å². The molecule has 1 aliphatic rings. The summed E-state index contributed by atoms with van der Waals surface area (Å²) < 4.78 is 14.5. The molecule has 0 spiro atoms. The quantitative estimate of drug-likeness (QED) is 0.645. The van der Waals surface area contributed by atoms with Gasteiger partial charge in [-0.1, -0.05) is 30.3 Å². The van der Waals surface area contributed by atoms with Crippen molar-refractivity contribution in [2.45, 2.75) is 38.6 Å². The van der Waals surface area contributed by atoms with Crippen molar-refractivity contribution >= 4 is 33.2 Å². The Morgan fingerprint density at radius 2 is 1.87 bits per heavy atom. The minimum atomic E-state index is -0.286. The highest BCUT2D eigenvalue weighted by molar-refractivity contribution is 7.21. The lowest BCUT2D eigenvalue weighted by Gasteiger charge is -2.32. The number of likely N-dealkylation sites (tertiary alicyclic amines) is 1. The molecule has 0 aliphatic carbocycles. The zero-order valence-electron chi connectivity index (χ0n) is 17.0. The zero-order valence-corrected chi connectivity index (χ0v) is 17.8. The Morgan fingerprint density at radius 3 is 2.60 bits per heavy atom. The molecule has 1 aliphatic heterocycles. The molecular formula is C24H25FN2O2S. The van der Waals surface area contributed by atoms with Crippen molar-refractivity contribution in [3.05, 3.63) is 70.4 Å². The molecule has 4 nitrogen and oxygen atoms in total. The predicted molar refractivity (Wildman–Crippen MR) is 118 cm³/mol. The number of halogens is 1. The minimum Gasteiger partial charge on any atom is -0.353 e. The zero-order chi connectivity index (χ0) is 21.1. The van der Waals surface area contributed by atoms with E-state index in [1.54, 1.807) is 6.07 Å². The molecule has 0 atom stereocenters. The van der Waals surface area contributed by atoms with Crippen molar-refractivity contribution in [3.63, 3.8) is 0 Å². The van der Waals surface area contributed by atoms with E-state index in [2.05, 4.69) is 5.32 Å². The Kier molecular flexibility index (Phi) is 6.13. The second-order valence-corrected chi connectivity index (χ2v) is 8.87. The Bertz CT molecular complexity index is 1060.